The van der Waals surface area contributed by atoms with Crippen LogP contribution >= 0.6 is 0 Å². The number of carbonyl (C=O) groups is 3. The van der Waals surface area contributed by atoms with Crippen molar-refractivity contribution in [2.24, 2.45) is 11.7 Å². The molecule has 4 aromatic rings. The number of hydrogen-bond acceptors (Lipinski definition) is 6. The van der Waals surface area contributed by atoms with Crippen molar-refractivity contribution < 1.29 is 24.0 Å². The van der Waals surface area contributed by atoms with Crippen LogP contribution in [0.25, 0.3) is 0 Å². The molecule has 212 valence electrons. The van der Waals surface area contributed by atoms with Crippen molar-refractivity contribution >= 4 is 29.1 Å². The van der Waals surface area contributed by atoms with Crippen LogP contribution in [0.15, 0.2) is 109 Å². The average Bonchev–Trinajstić information content (AvgIpc) is 3.38. The Morgan fingerprint density at radius 2 is 1.40 bits per heavy atom. The summed E-state index contributed by atoms with van der Waals surface area (Å²) in [4.78, 5) is 53.8. The zero-order valence-electron chi connectivity index (χ0n) is 22.6. The van der Waals surface area contributed by atoms with Crippen LogP contribution in [0, 0.1) is 16.0 Å². The van der Waals surface area contributed by atoms with Gasteiger partial charge in [0.25, 0.3) is 5.69 Å². The number of benzene rings is 4. The summed E-state index contributed by atoms with van der Waals surface area (Å²) in [6.07, 6.45) is 0. The first-order valence-electron chi connectivity index (χ1n) is 13.2. The van der Waals surface area contributed by atoms with E-state index in [1.807, 2.05) is 0 Å². The Labute approximate surface area is 241 Å². The number of nitrogens with two attached hydrogens (primary N) is 1. The second kappa shape index (κ2) is 11.9. The number of nitrogens with zero attached hydrogens (tertiary/aromatic N) is 2. The molecule has 0 aromatic heterocycles. The van der Waals surface area contributed by atoms with Gasteiger partial charge >= 0.3 is 6.03 Å². The van der Waals surface area contributed by atoms with Gasteiger partial charge in [0.1, 0.15) is 11.8 Å². The summed E-state index contributed by atoms with van der Waals surface area (Å²) in [5.41, 5.74) is 7.79. The zero-order valence-corrected chi connectivity index (χ0v) is 22.6. The van der Waals surface area contributed by atoms with E-state index >= 15 is 0 Å². The third-order valence-corrected chi connectivity index (χ3v) is 7.52. The Bertz CT molecular complexity index is 1590. The molecular weight excluding hydrogens is 536 g/mol. The molecule has 1 saturated heterocycles. The molecule has 0 bridgehead atoms. The number of likely N-dealkylation sites (tertiary alicyclic amines) is 1. The van der Waals surface area contributed by atoms with E-state index in [0.717, 1.165) is 0 Å². The third-order valence-electron chi connectivity index (χ3n) is 7.52. The maximum absolute atomic E-state index is 14.4. The highest BCUT2D eigenvalue weighted by molar-refractivity contribution is 6.02. The highest BCUT2D eigenvalue weighted by Gasteiger charge is 2.57. The van der Waals surface area contributed by atoms with Gasteiger partial charge in [0.15, 0.2) is 5.78 Å². The molecule has 0 saturated carbocycles. The Kier molecular flexibility index (Phi) is 7.96. The van der Waals surface area contributed by atoms with Crippen LogP contribution in [0.2, 0.25) is 0 Å². The van der Waals surface area contributed by atoms with Crippen LogP contribution < -0.4 is 15.8 Å². The predicted molar refractivity (Wildman–Crippen MR) is 156 cm³/mol. The summed E-state index contributed by atoms with van der Waals surface area (Å²) < 4.78 is 5.32. The lowest BCUT2D eigenvalue weighted by molar-refractivity contribution is -0.384. The smallest absolute Gasteiger partial charge is 0.323 e. The highest BCUT2D eigenvalue weighted by atomic mass is 16.6. The molecule has 5 rings (SSSR count). The largest absolute Gasteiger partial charge is 0.497 e. The predicted octanol–water partition coefficient (Wildman–Crippen LogP) is 5.33. The third kappa shape index (κ3) is 5.42. The quantitative estimate of drug-likeness (QED) is 0.168. The molecule has 1 heterocycles. The fourth-order valence-electron chi connectivity index (χ4n) is 5.67. The fourth-order valence-corrected chi connectivity index (χ4v) is 5.67. The summed E-state index contributed by atoms with van der Waals surface area (Å²) in [6.45, 7) is 0. The molecule has 0 radical (unpaired) electrons. The summed E-state index contributed by atoms with van der Waals surface area (Å²) in [5, 5.41) is 14.2. The van der Waals surface area contributed by atoms with Gasteiger partial charge in [0.05, 0.1) is 24.0 Å². The number of hydrogen-bond donors (Lipinski definition) is 2. The molecule has 3 N–H and O–H groups in total. The first-order chi connectivity index (χ1) is 20.3. The van der Waals surface area contributed by atoms with Crippen LogP contribution in [0.1, 0.15) is 33.4 Å². The Morgan fingerprint density at radius 3 is 1.95 bits per heavy atom. The van der Waals surface area contributed by atoms with Gasteiger partial charge in [0.2, 0.25) is 5.91 Å². The maximum Gasteiger partial charge on any atom is 0.323 e. The Balaban J connectivity index is 1.72. The van der Waals surface area contributed by atoms with Crippen molar-refractivity contribution in [3.63, 3.8) is 0 Å². The number of Topliss-reactive ketones (excluding diaryl/α,β-unsaturated/α-hetero) is 1. The number of ketones is 1. The first kappa shape index (κ1) is 28.0. The minimum atomic E-state index is -1.26. The zero-order chi connectivity index (χ0) is 29.8. The number of rotatable bonds is 8. The molecule has 4 atom stereocenters. The monoisotopic (exact) mass is 564 g/mol. The topological polar surface area (TPSA) is 145 Å². The van der Waals surface area contributed by atoms with E-state index < -0.39 is 40.8 Å². The first-order valence-corrected chi connectivity index (χ1v) is 13.2. The SMILES string of the molecule is COc1ccc(C2C(C(=O)c3ccccc3)C(c3ccc([N+](=O)[O-])cc3)C(C(N)=O)N2C(=O)Nc2ccccc2)cc1. The van der Waals surface area contributed by atoms with Gasteiger partial charge in [0, 0.05) is 29.3 Å². The van der Waals surface area contributed by atoms with Gasteiger partial charge in [-0.2, -0.15) is 0 Å². The second-order valence-electron chi connectivity index (χ2n) is 9.90. The number of primary amides is 1. The van der Waals surface area contributed by atoms with E-state index in [1.54, 1.807) is 84.9 Å². The van der Waals surface area contributed by atoms with E-state index in [9.17, 15) is 24.5 Å². The van der Waals surface area contributed by atoms with Crippen LogP contribution in [-0.2, 0) is 4.79 Å². The van der Waals surface area contributed by atoms with Crippen molar-refractivity contribution in [2.75, 3.05) is 12.4 Å². The second-order valence-corrected chi connectivity index (χ2v) is 9.90. The van der Waals surface area contributed by atoms with Crippen LogP contribution in [0.5, 0.6) is 5.75 Å². The molecule has 1 fully saturated rings. The summed E-state index contributed by atoms with van der Waals surface area (Å²) >= 11 is 0. The number of carbonyl (C=O) groups excluding carboxylic acids is 3. The van der Waals surface area contributed by atoms with E-state index in [2.05, 4.69) is 5.32 Å². The van der Waals surface area contributed by atoms with Gasteiger partial charge in [-0.1, -0.05) is 72.8 Å². The van der Waals surface area contributed by atoms with Crippen molar-refractivity contribution in [1.29, 1.82) is 0 Å². The van der Waals surface area contributed by atoms with Gasteiger partial charge in [-0.25, -0.2) is 4.79 Å². The molecule has 10 heteroatoms. The molecule has 4 unspecified atom stereocenters. The number of nitro groups is 1. The number of urea groups is 1. The molecule has 10 nitrogen and oxygen atoms in total. The van der Waals surface area contributed by atoms with Crippen molar-refractivity contribution in [3.8, 4) is 5.75 Å². The van der Waals surface area contributed by atoms with Gasteiger partial charge < -0.3 is 20.7 Å². The maximum atomic E-state index is 14.4. The van der Waals surface area contributed by atoms with E-state index in [-0.39, 0.29) is 11.5 Å². The van der Waals surface area contributed by atoms with Gasteiger partial charge in [-0.05, 0) is 35.4 Å². The van der Waals surface area contributed by atoms with Crippen molar-refractivity contribution in [3.05, 3.63) is 136 Å². The van der Waals surface area contributed by atoms with Crippen LogP contribution in [-0.4, -0.2) is 40.7 Å². The van der Waals surface area contributed by atoms with Gasteiger partial charge in [-0.15, -0.1) is 0 Å². The number of nitro benzene ring substituents is 1. The number of non-ortho nitro benzene ring substituents is 1. The van der Waals surface area contributed by atoms with Crippen LogP contribution in [0.3, 0.4) is 0 Å². The number of ether oxygens (including phenoxy) is 1. The fraction of sp³-hybridized carbons (Fsp3) is 0.156. The van der Waals surface area contributed by atoms with Crippen molar-refractivity contribution in [1.82, 2.24) is 4.90 Å². The molecule has 0 aliphatic carbocycles. The minimum absolute atomic E-state index is 0.149. The van der Waals surface area contributed by atoms with Gasteiger partial charge in [-0.3, -0.25) is 19.7 Å². The lowest BCUT2D eigenvalue weighted by Gasteiger charge is -2.31. The van der Waals surface area contributed by atoms with E-state index in [0.29, 0.717) is 28.1 Å². The van der Waals surface area contributed by atoms with Crippen molar-refractivity contribution in [2.45, 2.75) is 18.0 Å². The lowest BCUT2D eigenvalue weighted by atomic mass is 9.76. The van der Waals surface area contributed by atoms with Crippen LogP contribution in [0.4, 0.5) is 16.2 Å². The van der Waals surface area contributed by atoms with E-state index in [4.69, 9.17) is 10.5 Å². The molecule has 0 spiro atoms. The Hall–Kier alpha value is -5.51. The number of anilines is 1. The molecule has 42 heavy (non-hydrogen) atoms. The molecular formula is C32H28N4O6. The molecule has 1 aliphatic rings. The molecule has 1 aliphatic heterocycles. The summed E-state index contributed by atoms with van der Waals surface area (Å²) in [6, 6.07) is 27.1. The summed E-state index contributed by atoms with van der Waals surface area (Å²) in [7, 11) is 1.53. The lowest BCUT2D eigenvalue weighted by Crippen LogP contribution is -2.48. The number of para-hydroxylation sites is 1. The highest BCUT2D eigenvalue weighted by Crippen LogP contribution is 2.51. The van der Waals surface area contributed by atoms with E-state index in [1.165, 1.54) is 36.3 Å². The standard InChI is InChI=1S/C32H28N4O6/c1-42-25-18-14-21(15-19-25)28-27(30(37)22-8-4-2-5-9-22)26(20-12-16-24(17-13-20)36(40)41)29(31(33)38)35(28)32(39)34-23-10-6-3-7-11-23/h2-19,26-29H,1H3,(H2,33,38)(H,34,39). The molecule has 3 amide bonds. The molecule has 4 aromatic carbocycles. The summed E-state index contributed by atoms with van der Waals surface area (Å²) in [5.74, 6) is -2.43. The Morgan fingerprint density at radius 1 is 0.833 bits per heavy atom. The number of amides is 3. The average molecular weight is 565 g/mol. The number of nitrogens with one attached hydrogen (secondary N) is 1. The normalized spacial score (nSPS) is 19.6. The number of methoxy groups -OCH3 is 1. The minimum Gasteiger partial charge on any atom is -0.497 e.